The summed E-state index contributed by atoms with van der Waals surface area (Å²) in [7, 11) is 0. The summed E-state index contributed by atoms with van der Waals surface area (Å²) in [4.78, 5) is 46.6. The van der Waals surface area contributed by atoms with Gasteiger partial charge in [-0.05, 0) is 79.1 Å². The molecule has 0 unspecified atom stereocenters. The Morgan fingerprint density at radius 1 is 1.00 bits per heavy atom. The fourth-order valence-electron chi connectivity index (χ4n) is 7.30. The van der Waals surface area contributed by atoms with Gasteiger partial charge in [0.25, 0.3) is 17.4 Å². The van der Waals surface area contributed by atoms with Crippen LogP contribution in [0.1, 0.15) is 75.8 Å². The van der Waals surface area contributed by atoms with Gasteiger partial charge in [-0.15, -0.1) is 0 Å². The fourth-order valence-corrected chi connectivity index (χ4v) is 7.56. The van der Waals surface area contributed by atoms with Gasteiger partial charge in [0.1, 0.15) is 5.56 Å². The van der Waals surface area contributed by atoms with E-state index in [1.807, 2.05) is 19.1 Å². The van der Waals surface area contributed by atoms with Crippen LogP contribution < -0.4 is 11.3 Å². The molecule has 0 saturated heterocycles. The standard InChI is InChI=1S/C38H30ClF3N6O3/c1-19(29-17-22-7-6-10-27(39)31(22)37(51)48(29)25-8-4-3-5-9-25)33-32(34(43)49)35-44-28(13-14-47(35)45-33)23-15-24-18-46(20(2)21-11-12-21)36(50)30(24)26(16-23)38(40,41)42/h3-10,13-17,19-21H,11-12,18H2,1-2H3,(H2,43,49)/t19-,20-/m0/s1. The maximum absolute atomic E-state index is 14.5. The predicted octanol–water partition coefficient (Wildman–Crippen LogP) is 7.38. The van der Waals surface area contributed by atoms with Crippen LogP contribution in [0.25, 0.3) is 33.4 Å². The number of hydrogen-bond donors (Lipinski definition) is 1. The van der Waals surface area contributed by atoms with Gasteiger partial charge in [0.2, 0.25) is 0 Å². The number of fused-ring (bicyclic) bond motifs is 3. The zero-order valence-electron chi connectivity index (χ0n) is 27.4. The normalized spacial score (nSPS) is 15.8. The third kappa shape index (κ3) is 5.36. The quantitative estimate of drug-likeness (QED) is 0.186. The number of halogens is 4. The van der Waals surface area contributed by atoms with Crippen molar-refractivity contribution >= 4 is 39.8 Å². The van der Waals surface area contributed by atoms with E-state index in [-0.39, 0.29) is 63.4 Å². The number of para-hydroxylation sites is 1. The SMILES string of the molecule is C[C@H](c1nn2ccc(-c3cc4c(c(C(F)(F)F)c3)C(=O)N([C@@H](C)C3CC3)C4)nc2c1C(N)=O)c1cc2cccc(Cl)c2c(=O)n1-c1ccccc1. The number of nitrogens with zero attached hydrogens (tertiary/aromatic N) is 5. The highest BCUT2D eigenvalue weighted by molar-refractivity contribution is 6.35. The first kappa shape index (κ1) is 32.7. The molecule has 2 amide bonds. The Balaban J connectivity index is 1.28. The van der Waals surface area contributed by atoms with Crippen molar-refractivity contribution in [2.75, 3.05) is 0 Å². The summed E-state index contributed by atoms with van der Waals surface area (Å²) in [5.41, 5.74) is 6.04. The lowest BCUT2D eigenvalue weighted by atomic mass is 9.96. The molecule has 0 bridgehead atoms. The minimum Gasteiger partial charge on any atom is -0.365 e. The number of pyridine rings is 1. The van der Waals surface area contributed by atoms with Crippen molar-refractivity contribution in [3.05, 3.63) is 128 Å². The summed E-state index contributed by atoms with van der Waals surface area (Å²) in [6.45, 7) is 3.72. The Bertz CT molecular complexity index is 2490. The molecule has 0 spiro atoms. The molecular weight excluding hydrogens is 681 g/mol. The third-order valence-electron chi connectivity index (χ3n) is 10.1. The maximum Gasteiger partial charge on any atom is 0.417 e. The minimum absolute atomic E-state index is 0.0356. The molecule has 6 aromatic rings. The second kappa shape index (κ2) is 11.8. The van der Waals surface area contributed by atoms with Crippen LogP contribution in [0.3, 0.4) is 0 Å². The van der Waals surface area contributed by atoms with Crippen molar-refractivity contribution in [1.82, 2.24) is 24.1 Å². The van der Waals surface area contributed by atoms with Crippen LogP contribution in [0.15, 0.2) is 83.8 Å². The zero-order valence-corrected chi connectivity index (χ0v) is 28.2. The van der Waals surface area contributed by atoms with E-state index in [2.05, 4.69) is 10.1 Å². The predicted molar refractivity (Wildman–Crippen MR) is 186 cm³/mol. The molecule has 1 saturated carbocycles. The van der Waals surface area contributed by atoms with Gasteiger partial charge in [0.15, 0.2) is 5.65 Å². The number of primary amides is 1. The Morgan fingerprint density at radius 3 is 2.43 bits per heavy atom. The van der Waals surface area contributed by atoms with E-state index in [1.165, 1.54) is 26.2 Å². The van der Waals surface area contributed by atoms with Gasteiger partial charge in [0.05, 0.1) is 32.9 Å². The highest BCUT2D eigenvalue weighted by Crippen LogP contribution is 2.43. The van der Waals surface area contributed by atoms with Gasteiger partial charge >= 0.3 is 6.18 Å². The topological polar surface area (TPSA) is 116 Å². The summed E-state index contributed by atoms with van der Waals surface area (Å²) in [6, 6.07) is 19.7. The number of carbonyl (C=O) groups is 2. The van der Waals surface area contributed by atoms with Crippen LogP contribution >= 0.6 is 11.6 Å². The van der Waals surface area contributed by atoms with Crippen molar-refractivity contribution in [1.29, 1.82) is 0 Å². The van der Waals surface area contributed by atoms with Gasteiger partial charge < -0.3 is 10.6 Å². The van der Waals surface area contributed by atoms with Gasteiger partial charge in [-0.1, -0.05) is 48.9 Å². The average Bonchev–Trinajstić information content (AvgIpc) is 3.80. The number of hydrogen-bond acceptors (Lipinski definition) is 5. The van der Waals surface area contributed by atoms with E-state index < -0.39 is 29.5 Å². The Morgan fingerprint density at radius 2 is 1.75 bits per heavy atom. The summed E-state index contributed by atoms with van der Waals surface area (Å²) in [5.74, 6) is -1.89. The lowest BCUT2D eigenvalue weighted by Crippen LogP contribution is -2.35. The first-order valence-electron chi connectivity index (χ1n) is 16.5. The molecule has 0 radical (unpaired) electrons. The van der Waals surface area contributed by atoms with Gasteiger partial charge in [-0.25, -0.2) is 9.50 Å². The Hall–Kier alpha value is -5.49. The molecule has 9 nitrogen and oxygen atoms in total. The lowest BCUT2D eigenvalue weighted by Gasteiger charge is -2.24. The van der Waals surface area contributed by atoms with E-state index in [9.17, 15) is 27.6 Å². The number of benzene rings is 3. The van der Waals surface area contributed by atoms with Crippen molar-refractivity contribution < 1.29 is 22.8 Å². The molecule has 3 aromatic carbocycles. The maximum atomic E-state index is 14.5. The van der Waals surface area contributed by atoms with Crippen LogP contribution in [0.2, 0.25) is 5.02 Å². The Labute approximate surface area is 294 Å². The molecule has 1 aliphatic carbocycles. The summed E-state index contributed by atoms with van der Waals surface area (Å²) in [5, 5.41) is 5.87. The molecule has 1 fully saturated rings. The molecule has 13 heteroatoms. The zero-order chi connectivity index (χ0) is 35.9. The van der Waals surface area contributed by atoms with Gasteiger partial charge in [0, 0.05) is 41.6 Å². The minimum atomic E-state index is -4.80. The molecule has 258 valence electrons. The van der Waals surface area contributed by atoms with Crippen LogP contribution in [-0.2, 0) is 12.7 Å². The van der Waals surface area contributed by atoms with Gasteiger partial charge in [-0.3, -0.25) is 19.0 Å². The second-order valence-electron chi connectivity index (χ2n) is 13.2. The van der Waals surface area contributed by atoms with Crippen LogP contribution in [-0.4, -0.2) is 41.9 Å². The average molecular weight is 711 g/mol. The summed E-state index contributed by atoms with van der Waals surface area (Å²) in [6.07, 6.45) is -1.42. The van der Waals surface area contributed by atoms with Crippen molar-refractivity contribution in [2.24, 2.45) is 11.7 Å². The monoisotopic (exact) mass is 710 g/mol. The van der Waals surface area contributed by atoms with E-state index in [0.717, 1.165) is 18.9 Å². The second-order valence-corrected chi connectivity index (χ2v) is 13.7. The highest BCUT2D eigenvalue weighted by Gasteiger charge is 2.44. The first-order valence-corrected chi connectivity index (χ1v) is 16.9. The first-order chi connectivity index (χ1) is 24.3. The molecule has 8 rings (SSSR count). The number of rotatable bonds is 7. The molecule has 3 aromatic heterocycles. The molecule has 2 N–H and O–H groups in total. The third-order valence-corrected chi connectivity index (χ3v) is 10.4. The lowest BCUT2D eigenvalue weighted by molar-refractivity contribution is -0.137. The molecule has 2 atom stereocenters. The van der Waals surface area contributed by atoms with E-state index in [4.69, 9.17) is 17.3 Å². The number of carbonyl (C=O) groups excluding carboxylic acids is 2. The fraction of sp³-hybridized carbons (Fsp3) is 0.237. The smallest absolute Gasteiger partial charge is 0.365 e. The number of amides is 2. The van der Waals surface area contributed by atoms with Crippen LogP contribution in [0, 0.1) is 5.92 Å². The molecule has 2 aliphatic rings. The van der Waals surface area contributed by atoms with E-state index >= 15 is 0 Å². The van der Waals surface area contributed by atoms with Crippen molar-refractivity contribution in [2.45, 2.75) is 51.4 Å². The molecule has 1 aliphatic heterocycles. The summed E-state index contributed by atoms with van der Waals surface area (Å²) < 4.78 is 46.3. The van der Waals surface area contributed by atoms with Gasteiger partial charge in [-0.2, -0.15) is 18.3 Å². The molecule has 51 heavy (non-hydrogen) atoms. The van der Waals surface area contributed by atoms with Crippen LogP contribution in [0.5, 0.6) is 0 Å². The number of nitrogens with two attached hydrogens (primary N) is 1. The summed E-state index contributed by atoms with van der Waals surface area (Å²) >= 11 is 6.49. The Kier molecular flexibility index (Phi) is 7.56. The van der Waals surface area contributed by atoms with Crippen molar-refractivity contribution in [3.63, 3.8) is 0 Å². The van der Waals surface area contributed by atoms with Crippen LogP contribution in [0.4, 0.5) is 13.2 Å². The number of aromatic nitrogens is 4. The molecule has 4 heterocycles. The van der Waals surface area contributed by atoms with E-state index in [0.29, 0.717) is 27.2 Å². The largest absolute Gasteiger partial charge is 0.417 e. The number of alkyl halides is 3. The molecular formula is C38H30ClF3N6O3. The van der Waals surface area contributed by atoms with E-state index in [1.54, 1.807) is 55.5 Å². The van der Waals surface area contributed by atoms with Crippen molar-refractivity contribution in [3.8, 4) is 16.9 Å². The highest BCUT2D eigenvalue weighted by atomic mass is 35.5.